The summed E-state index contributed by atoms with van der Waals surface area (Å²) in [5.41, 5.74) is 0.333. The number of imide groups is 1. The number of nitrogens with zero attached hydrogens (tertiary/aromatic N) is 1. The van der Waals surface area contributed by atoms with E-state index in [0.717, 1.165) is 30.6 Å². The van der Waals surface area contributed by atoms with E-state index >= 15 is 0 Å². The average Bonchev–Trinajstić information content (AvgIpc) is 2.94. The predicted octanol–water partition coefficient (Wildman–Crippen LogP) is 3.10. The van der Waals surface area contributed by atoms with Crippen molar-refractivity contribution in [1.82, 2.24) is 0 Å². The summed E-state index contributed by atoms with van der Waals surface area (Å²) in [5.74, 6) is -1.89. The number of thioether (sulfide) groups is 1. The van der Waals surface area contributed by atoms with Crippen molar-refractivity contribution in [3.05, 3.63) is 23.8 Å². The van der Waals surface area contributed by atoms with Gasteiger partial charge in [-0.15, -0.1) is 11.8 Å². The van der Waals surface area contributed by atoms with Crippen LogP contribution in [-0.4, -0.2) is 41.4 Å². The maximum atomic E-state index is 12.9. The van der Waals surface area contributed by atoms with Gasteiger partial charge in [-0.2, -0.15) is 0 Å². The SMILES string of the molecule is COC(=O)c1ccc(N2C(=O)CC(SC3CCCCC3)C2=O)cc1OC(C)=O. The number of benzene rings is 1. The lowest BCUT2D eigenvalue weighted by Gasteiger charge is -2.23. The van der Waals surface area contributed by atoms with Crippen LogP contribution in [0.3, 0.4) is 0 Å². The van der Waals surface area contributed by atoms with E-state index in [1.165, 1.54) is 38.7 Å². The van der Waals surface area contributed by atoms with Crippen LogP contribution in [0.4, 0.5) is 5.69 Å². The van der Waals surface area contributed by atoms with Crippen LogP contribution in [0.5, 0.6) is 5.75 Å². The molecule has 8 heteroatoms. The number of esters is 2. The van der Waals surface area contributed by atoms with Crippen molar-refractivity contribution in [2.24, 2.45) is 0 Å². The van der Waals surface area contributed by atoms with Crippen LogP contribution in [0.15, 0.2) is 18.2 Å². The van der Waals surface area contributed by atoms with E-state index in [-0.39, 0.29) is 35.2 Å². The van der Waals surface area contributed by atoms with Gasteiger partial charge in [0.15, 0.2) is 0 Å². The molecular formula is C20H23NO6S. The molecule has 0 N–H and O–H groups in total. The number of ether oxygens (including phenoxy) is 2. The van der Waals surface area contributed by atoms with Crippen LogP contribution in [0.2, 0.25) is 0 Å². The fraction of sp³-hybridized carbons (Fsp3) is 0.500. The molecule has 1 atom stereocenters. The van der Waals surface area contributed by atoms with E-state index in [0.29, 0.717) is 5.25 Å². The van der Waals surface area contributed by atoms with Gasteiger partial charge in [0.2, 0.25) is 11.8 Å². The first-order valence-electron chi connectivity index (χ1n) is 9.33. The molecule has 0 aromatic heterocycles. The van der Waals surface area contributed by atoms with Crippen molar-refractivity contribution in [2.45, 2.75) is 55.9 Å². The van der Waals surface area contributed by atoms with Crippen LogP contribution in [0.1, 0.15) is 55.8 Å². The molecule has 7 nitrogen and oxygen atoms in total. The molecule has 1 heterocycles. The summed E-state index contributed by atoms with van der Waals surface area (Å²) in [6, 6.07) is 4.24. The van der Waals surface area contributed by atoms with Crippen LogP contribution in [-0.2, 0) is 19.1 Å². The first-order chi connectivity index (χ1) is 13.4. The smallest absolute Gasteiger partial charge is 0.341 e. The molecule has 0 radical (unpaired) electrons. The Morgan fingerprint density at radius 3 is 2.50 bits per heavy atom. The Labute approximate surface area is 167 Å². The Balaban J connectivity index is 1.83. The van der Waals surface area contributed by atoms with Crippen LogP contribution in [0, 0.1) is 0 Å². The van der Waals surface area contributed by atoms with Gasteiger partial charge in [0.1, 0.15) is 11.3 Å². The van der Waals surface area contributed by atoms with E-state index in [2.05, 4.69) is 4.74 Å². The zero-order chi connectivity index (χ0) is 20.3. The normalized spacial score (nSPS) is 20.4. The highest BCUT2D eigenvalue weighted by atomic mass is 32.2. The van der Waals surface area contributed by atoms with E-state index in [9.17, 15) is 19.2 Å². The van der Waals surface area contributed by atoms with Gasteiger partial charge >= 0.3 is 11.9 Å². The van der Waals surface area contributed by atoms with Gasteiger partial charge in [0.25, 0.3) is 0 Å². The monoisotopic (exact) mass is 405 g/mol. The van der Waals surface area contributed by atoms with E-state index in [1.807, 2.05) is 0 Å². The van der Waals surface area contributed by atoms with Gasteiger partial charge in [-0.05, 0) is 25.0 Å². The van der Waals surface area contributed by atoms with Crippen LogP contribution < -0.4 is 9.64 Å². The molecule has 2 fully saturated rings. The quantitative estimate of drug-likeness (QED) is 0.422. The number of hydrogen-bond donors (Lipinski definition) is 0. The molecule has 28 heavy (non-hydrogen) atoms. The lowest BCUT2D eigenvalue weighted by Crippen LogP contribution is -2.32. The van der Waals surface area contributed by atoms with Gasteiger partial charge in [0, 0.05) is 24.7 Å². The Bertz CT molecular complexity index is 802. The zero-order valence-electron chi connectivity index (χ0n) is 15.9. The molecular weight excluding hydrogens is 382 g/mol. The second-order valence-electron chi connectivity index (χ2n) is 6.92. The Kier molecular flexibility index (Phi) is 6.39. The van der Waals surface area contributed by atoms with E-state index in [4.69, 9.17) is 4.74 Å². The molecule has 150 valence electrons. The van der Waals surface area contributed by atoms with Gasteiger partial charge in [0.05, 0.1) is 18.0 Å². The maximum absolute atomic E-state index is 12.9. The first kappa shape index (κ1) is 20.4. The molecule has 1 aliphatic heterocycles. The topological polar surface area (TPSA) is 90.0 Å². The molecule has 3 rings (SSSR count). The molecule has 1 saturated heterocycles. The predicted molar refractivity (Wildman–Crippen MR) is 104 cm³/mol. The zero-order valence-corrected chi connectivity index (χ0v) is 16.8. The molecule has 0 bridgehead atoms. The Morgan fingerprint density at radius 2 is 1.86 bits per heavy atom. The third-order valence-corrected chi connectivity index (χ3v) is 6.45. The fourth-order valence-corrected chi connectivity index (χ4v) is 5.11. The summed E-state index contributed by atoms with van der Waals surface area (Å²) < 4.78 is 9.78. The molecule has 1 saturated carbocycles. The minimum absolute atomic E-state index is 0.0409. The minimum atomic E-state index is -0.674. The second kappa shape index (κ2) is 8.77. The summed E-state index contributed by atoms with van der Waals surface area (Å²) in [6.45, 7) is 1.21. The number of amides is 2. The number of anilines is 1. The van der Waals surface area contributed by atoms with Crippen LogP contribution in [0.25, 0.3) is 0 Å². The lowest BCUT2D eigenvalue weighted by atomic mass is 10.0. The summed E-state index contributed by atoms with van der Waals surface area (Å²) in [7, 11) is 1.22. The van der Waals surface area contributed by atoms with Crippen LogP contribution >= 0.6 is 11.8 Å². The fourth-order valence-electron chi connectivity index (χ4n) is 3.58. The number of carbonyl (C=O) groups is 4. The highest BCUT2D eigenvalue weighted by molar-refractivity contribution is 8.01. The maximum Gasteiger partial charge on any atom is 0.341 e. The Morgan fingerprint density at radius 1 is 1.14 bits per heavy atom. The summed E-state index contributed by atoms with van der Waals surface area (Å²) in [4.78, 5) is 49.8. The molecule has 0 spiro atoms. The standard InChI is InChI=1S/C20H23NO6S/c1-12(22)27-16-10-13(8-9-15(16)20(25)26-2)21-18(23)11-17(19(21)24)28-14-6-4-3-5-7-14/h8-10,14,17H,3-7,11H2,1-2H3. The average molecular weight is 405 g/mol. The van der Waals surface area contributed by atoms with Gasteiger partial charge in [-0.25, -0.2) is 9.69 Å². The third kappa shape index (κ3) is 4.38. The van der Waals surface area contributed by atoms with E-state index in [1.54, 1.807) is 11.8 Å². The third-order valence-electron chi connectivity index (χ3n) is 4.90. The molecule has 1 aromatic rings. The molecule has 1 aliphatic carbocycles. The summed E-state index contributed by atoms with van der Waals surface area (Å²) in [5, 5.41) is 0.0156. The van der Waals surface area contributed by atoms with E-state index < -0.39 is 17.2 Å². The van der Waals surface area contributed by atoms with Crippen molar-refractivity contribution in [2.75, 3.05) is 12.0 Å². The molecule has 1 unspecified atom stereocenters. The number of rotatable bonds is 5. The van der Waals surface area contributed by atoms with Crippen molar-refractivity contribution in [1.29, 1.82) is 0 Å². The van der Waals surface area contributed by atoms with Crippen molar-refractivity contribution in [3.8, 4) is 5.75 Å². The lowest BCUT2D eigenvalue weighted by molar-refractivity contribution is -0.132. The first-order valence-corrected chi connectivity index (χ1v) is 10.3. The highest BCUT2D eigenvalue weighted by Crippen LogP contribution is 2.38. The van der Waals surface area contributed by atoms with Gasteiger partial charge in [-0.3, -0.25) is 14.4 Å². The van der Waals surface area contributed by atoms with Crippen molar-refractivity contribution < 1.29 is 28.7 Å². The van der Waals surface area contributed by atoms with Crippen molar-refractivity contribution in [3.63, 3.8) is 0 Å². The highest BCUT2D eigenvalue weighted by Gasteiger charge is 2.41. The summed E-state index contributed by atoms with van der Waals surface area (Å²) in [6.07, 6.45) is 5.86. The van der Waals surface area contributed by atoms with Crippen molar-refractivity contribution >= 4 is 41.2 Å². The number of methoxy groups -OCH3 is 1. The molecule has 1 aromatic carbocycles. The van der Waals surface area contributed by atoms with Gasteiger partial charge in [-0.1, -0.05) is 19.3 Å². The Hall–Kier alpha value is -2.35. The molecule has 2 amide bonds. The summed E-state index contributed by atoms with van der Waals surface area (Å²) >= 11 is 1.59. The molecule has 2 aliphatic rings. The largest absolute Gasteiger partial charge is 0.465 e. The minimum Gasteiger partial charge on any atom is -0.465 e. The second-order valence-corrected chi connectivity index (χ2v) is 8.43. The number of hydrogen-bond acceptors (Lipinski definition) is 7. The van der Waals surface area contributed by atoms with Gasteiger partial charge < -0.3 is 9.47 Å². The number of carbonyl (C=O) groups excluding carboxylic acids is 4.